The number of ether oxygens (including phenoxy) is 1. The van der Waals surface area contributed by atoms with E-state index in [-0.39, 0.29) is 18.5 Å². The number of benzene rings is 1. The number of rotatable bonds is 2. The van der Waals surface area contributed by atoms with Crippen LogP contribution < -0.4 is 5.73 Å². The van der Waals surface area contributed by atoms with Crippen LogP contribution in [-0.2, 0) is 4.74 Å². The van der Waals surface area contributed by atoms with Crippen molar-refractivity contribution in [3.05, 3.63) is 34.9 Å². The molecule has 0 unspecified atom stereocenters. The molecule has 0 aliphatic carbocycles. The van der Waals surface area contributed by atoms with E-state index in [9.17, 15) is 4.79 Å². The Morgan fingerprint density at radius 2 is 2.14 bits per heavy atom. The van der Waals surface area contributed by atoms with E-state index in [1.54, 1.807) is 0 Å². The summed E-state index contributed by atoms with van der Waals surface area (Å²) in [6, 6.07) is 6.00. The number of aryl methyl sites for hydroxylation is 1. The fourth-order valence-corrected chi connectivity index (χ4v) is 2.52. The first-order valence-electron chi connectivity index (χ1n) is 7.28. The van der Waals surface area contributed by atoms with Gasteiger partial charge in [-0.2, -0.15) is 0 Å². The predicted octanol–water partition coefficient (Wildman–Crippen LogP) is 1.56. The van der Waals surface area contributed by atoms with Gasteiger partial charge in [0.1, 0.15) is 0 Å². The van der Waals surface area contributed by atoms with E-state index in [1.165, 1.54) is 0 Å². The molecule has 4 heteroatoms. The molecular weight excluding hydrogens is 264 g/mol. The number of hydrogen-bond donors (Lipinski definition) is 1. The van der Waals surface area contributed by atoms with Crippen LogP contribution in [0.2, 0.25) is 0 Å². The van der Waals surface area contributed by atoms with Crippen molar-refractivity contribution < 1.29 is 9.53 Å². The lowest BCUT2D eigenvalue weighted by Crippen LogP contribution is -2.40. The molecule has 4 nitrogen and oxygen atoms in total. The van der Waals surface area contributed by atoms with Crippen molar-refractivity contribution in [2.45, 2.75) is 25.8 Å². The van der Waals surface area contributed by atoms with Gasteiger partial charge in [-0.05, 0) is 31.9 Å². The summed E-state index contributed by atoms with van der Waals surface area (Å²) in [7, 11) is 1.86. The number of carbonyl (C=O) groups excluding carboxylic acids is 1. The Bertz CT molecular complexity index is 566. The maximum atomic E-state index is 12.8. The summed E-state index contributed by atoms with van der Waals surface area (Å²) in [5, 5.41) is 0. The van der Waals surface area contributed by atoms with Gasteiger partial charge in [0.05, 0.1) is 12.1 Å². The summed E-state index contributed by atoms with van der Waals surface area (Å²) in [4.78, 5) is 14.6. The highest BCUT2D eigenvalue weighted by Gasteiger charge is 2.24. The average Bonchev–Trinajstić information content (AvgIpc) is 2.53. The number of nitrogens with two attached hydrogens (primary N) is 1. The van der Waals surface area contributed by atoms with E-state index in [0.717, 1.165) is 37.2 Å². The van der Waals surface area contributed by atoms with E-state index in [2.05, 4.69) is 11.8 Å². The number of carbonyl (C=O) groups is 1. The van der Waals surface area contributed by atoms with Crippen molar-refractivity contribution in [1.29, 1.82) is 0 Å². The second-order valence-corrected chi connectivity index (χ2v) is 5.31. The quantitative estimate of drug-likeness (QED) is 0.839. The Kier molecular flexibility index (Phi) is 5.38. The van der Waals surface area contributed by atoms with Crippen LogP contribution >= 0.6 is 0 Å². The van der Waals surface area contributed by atoms with Crippen LogP contribution in [0.1, 0.15) is 34.3 Å². The molecule has 1 amide bonds. The van der Waals surface area contributed by atoms with Crippen molar-refractivity contribution in [3.63, 3.8) is 0 Å². The first kappa shape index (κ1) is 15.6. The van der Waals surface area contributed by atoms with Crippen LogP contribution in [0.5, 0.6) is 0 Å². The van der Waals surface area contributed by atoms with Gasteiger partial charge >= 0.3 is 0 Å². The van der Waals surface area contributed by atoms with E-state index in [1.807, 2.05) is 37.1 Å². The largest absolute Gasteiger partial charge is 0.381 e. The Morgan fingerprint density at radius 1 is 1.43 bits per heavy atom. The van der Waals surface area contributed by atoms with Crippen LogP contribution in [0, 0.1) is 18.8 Å². The molecule has 1 saturated heterocycles. The van der Waals surface area contributed by atoms with Crippen molar-refractivity contribution in [2.75, 3.05) is 26.8 Å². The molecule has 1 aromatic carbocycles. The first-order chi connectivity index (χ1) is 10.1. The van der Waals surface area contributed by atoms with E-state index in [0.29, 0.717) is 5.56 Å². The standard InChI is InChI=1S/C17H22N2O2/c1-13-5-6-14(4-3-9-18)16(12-13)17(20)19(2)15-7-10-21-11-8-15/h5-6,12,15H,7-11,18H2,1-2H3. The normalized spacial score (nSPS) is 15.2. The fraction of sp³-hybridized carbons (Fsp3) is 0.471. The average molecular weight is 286 g/mol. The minimum Gasteiger partial charge on any atom is -0.381 e. The molecule has 1 fully saturated rings. The maximum absolute atomic E-state index is 12.8. The smallest absolute Gasteiger partial charge is 0.255 e. The summed E-state index contributed by atoms with van der Waals surface area (Å²) in [6.07, 6.45) is 1.77. The second-order valence-electron chi connectivity index (χ2n) is 5.31. The van der Waals surface area contributed by atoms with Gasteiger partial charge in [-0.25, -0.2) is 0 Å². The second kappa shape index (κ2) is 7.26. The minimum absolute atomic E-state index is 0.0203. The number of hydrogen-bond acceptors (Lipinski definition) is 3. The molecule has 0 bridgehead atoms. The van der Waals surface area contributed by atoms with Gasteiger partial charge in [0.2, 0.25) is 0 Å². The summed E-state index contributed by atoms with van der Waals surface area (Å²) in [5.41, 5.74) is 7.88. The molecule has 1 aliphatic rings. The van der Waals surface area contributed by atoms with Crippen molar-refractivity contribution in [3.8, 4) is 11.8 Å². The summed E-state index contributed by atoms with van der Waals surface area (Å²) in [6.45, 7) is 3.70. The molecule has 0 aromatic heterocycles. The third kappa shape index (κ3) is 3.84. The highest BCUT2D eigenvalue weighted by atomic mass is 16.5. The molecule has 21 heavy (non-hydrogen) atoms. The molecule has 2 N–H and O–H groups in total. The third-order valence-corrected chi connectivity index (χ3v) is 3.79. The lowest BCUT2D eigenvalue weighted by molar-refractivity contribution is 0.0362. The zero-order valence-electron chi connectivity index (χ0n) is 12.7. The molecule has 1 aromatic rings. The molecule has 0 atom stereocenters. The Balaban J connectivity index is 2.26. The molecule has 112 valence electrons. The zero-order valence-corrected chi connectivity index (χ0v) is 12.7. The highest BCUT2D eigenvalue weighted by molar-refractivity contribution is 5.97. The van der Waals surface area contributed by atoms with Gasteiger partial charge in [-0.15, -0.1) is 0 Å². The Labute approximate surface area is 126 Å². The molecule has 0 saturated carbocycles. The molecule has 1 heterocycles. The number of amides is 1. The third-order valence-electron chi connectivity index (χ3n) is 3.79. The molecule has 0 radical (unpaired) electrons. The lowest BCUT2D eigenvalue weighted by atomic mass is 10.0. The predicted molar refractivity (Wildman–Crippen MR) is 83.0 cm³/mol. The monoisotopic (exact) mass is 286 g/mol. The lowest BCUT2D eigenvalue weighted by Gasteiger charge is -2.31. The van der Waals surface area contributed by atoms with Gasteiger partial charge in [-0.1, -0.05) is 23.5 Å². The maximum Gasteiger partial charge on any atom is 0.255 e. The van der Waals surface area contributed by atoms with E-state index >= 15 is 0 Å². The van der Waals surface area contributed by atoms with Crippen molar-refractivity contribution in [2.24, 2.45) is 5.73 Å². The first-order valence-corrected chi connectivity index (χ1v) is 7.28. The van der Waals surface area contributed by atoms with Crippen LogP contribution in [-0.4, -0.2) is 43.7 Å². The molecule has 0 spiro atoms. The van der Waals surface area contributed by atoms with Crippen molar-refractivity contribution >= 4 is 5.91 Å². The van der Waals surface area contributed by atoms with Crippen LogP contribution in [0.15, 0.2) is 18.2 Å². The summed E-state index contributed by atoms with van der Waals surface area (Å²) >= 11 is 0. The van der Waals surface area contributed by atoms with Gasteiger partial charge in [-0.3, -0.25) is 4.79 Å². The molecule has 1 aliphatic heterocycles. The molecule has 2 rings (SSSR count). The summed E-state index contributed by atoms with van der Waals surface area (Å²) < 4.78 is 5.36. The van der Waals surface area contributed by atoms with Gasteiger partial charge in [0, 0.05) is 31.9 Å². The summed E-state index contributed by atoms with van der Waals surface area (Å²) in [5.74, 6) is 5.84. The van der Waals surface area contributed by atoms with E-state index < -0.39 is 0 Å². The fourth-order valence-electron chi connectivity index (χ4n) is 2.52. The van der Waals surface area contributed by atoms with Gasteiger partial charge < -0.3 is 15.4 Å². The van der Waals surface area contributed by atoms with Crippen LogP contribution in [0.3, 0.4) is 0 Å². The Morgan fingerprint density at radius 3 is 2.81 bits per heavy atom. The zero-order chi connectivity index (χ0) is 15.2. The van der Waals surface area contributed by atoms with Crippen LogP contribution in [0.25, 0.3) is 0 Å². The van der Waals surface area contributed by atoms with Gasteiger partial charge in [0.15, 0.2) is 0 Å². The van der Waals surface area contributed by atoms with Crippen LogP contribution in [0.4, 0.5) is 0 Å². The number of nitrogens with zero attached hydrogens (tertiary/aromatic N) is 1. The Hall–Kier alpha value is -1.83. The van der Waals surface area contributed by atoms with Gasteiger partial charge in [0.25, 0.3) is 5.91 Å². The van der Waals surface area contributed by atoms with E-state index in [4.69, 9.17) is 10.5 Å². The minimum atomic E-state index is 0.0203. The highest BCUT2D eigenvalue weighted by Crippen LogP contribution is 2.18. The van der Waals surface area contributed by atoms with Crippen molar-refractivity contribution in [1.82, 2.24) is 4.90 Å². The molecular formula is C17H22N2O2. The SMILES string of the molecule is Cc1ccc(C#CCN)c(C(=O)N(C)C2CCOCC2)c1. The topological polar surface area (TPSA) is 55.6 Å².